The third-order valence-corrected chi connectivity index (χ3v) is 3.53. The zero-order valence-electron chi connectivity index (χ0n) is 13.5. The van der Waals surface area contributed by atoms with E-state index < -0.39 is 0 Å². The van der Waals surface area contributed by atoms with Crippen LogP contribution in [-0.4, -0.2) is 17.7 Å². The van der Waals surface area contributed by atoms with Crippen LogP contribution in [-0.2, 0) is 19.5 Å². The quantitative estimate of drug-likeness (QED) is 0.504. The van der Waals surface area contributed by atoms with Gasteiger partial charge in [-0.25, -0.2) is 0 Å². The molecule has 4 heteroatoms. The Balaban J connectivity index is 0.000000252. The molecule has 0 fully saturated rings. The van der Waals surface area contributed by atoms with Crippen LogP contribution in [0.2, 0.25) is 0 Å². The molecule has 124 valence electrons. The van der Waals surface area contributed by atoms with E-state index in [9.17, 15) is 9.59 Å². The molecule has 3 rings (SSSR count). The van der Waals surface area contributed by atoms with Crippen LogP contribution in [0.1, 0.15) is 31.8 Å². The van der Waals surface area contributed by atoms with Crippen molar-refractivity contribution in [3.05, 3.63) is 76.9 Å². The molecule has 0 aliphatic heterocycles. The molecule has 3 aromatic rings. The summed E-state index contributed by atoms with van der Waals surface area (Å²) < 4.78 is 0. The second-order valence-electron chi connectivity index (χ2n) is 5.39. The van der Waals surface area contributed by atoms with Crippen molar-refractivity contribution >= 4 is 23.3 Å². The second-order valence-corrected chi connectivity index (χ2v) is 5.39. The summed E-state index contributed by atoms with van der Waals surface area (Å²) in [6.45, 7) is 3.84. The molecule has 0 saturated carbocycles. The Labute approximate surface area is 154 Å². The Morgan fingerprint density at radius 1 is 0.750 bits per heavy atom. The van der Waals surface area contributed by atoms with Gasteiger partial charge < -0.3 is 5.11 Å². The summed E-state index contributed by atoms with van der Waals surface area (Å²) in [4.78, 5) is 21.0. The minimum atomic E-state index is 0. The number of fused-ring (bicyclic) bond motifs is 1. The van der Waals surface area contributed by atoms with E-state index in [1.165, 1.54) is 0 Å². The largest absolute Gasteiger partial charge is 0.508 e. The molecule has 0 heterocycles. The minimum absolute atomic E-state index is 0. The molecule has 3 aromatic carbocycles. The number of hydrogen-bond acceptors (Lipinski definition) is 3. The molecule has 0 aromatic heterocycles. The zero-order valence-corrected chi connectivity index (χ0v) is 15.2. The van der Waals surface area contributed by atoms with E-state index in [0.29, 0.717) is 16.9 Å². The molecule has 0 spiro atoms. The number of hydrogen-bond donors (Lipinski definition) is 1. The minimum Gasteiger partial charge on any atom is -0.508 e. The fourth-order valence-corrected chi connectivity index (χ4v) is 2.15. The molecule has 0 saturated heterocycles. The van der Waals surface area contributed by atoms with Gasteiger partial charge in [-0.2, -0.15) is 0 Å². The summed E-state index contributed by atoms with van der Waals surface area (Å²) in [5.74, 6) is 0.384. The van der Waals surface area contributed by atoms with Crippen molar-refractivity contribution in [3.8, 4) is 5.75 Å². The van der Waals surface area contributed by atoms with Crippen molar-refractivity contribution in [2.75, 3.05) is 0 Å². The average molecular weight is 407 g/mol. The first-order valence-electron chi connectivity index (χ1n) is 7.24. The Morgan fingerprint density at radius 3 is 1.62 bits per heavy atom. The molecule has 3 nitrogen and oxygen atoms in total. The van der Waals surface area contributed by atoms with E-state index in [1.54, 1.807) is 30.3 Å². The van der Waals surface area contributed by atoms with Gasteiger partial charge in [0, 0.05) is 30.6 Å². The van der Waals surface area contributed by atoms with E-state index in [2.05, 4.69) is 0 Å². The Bertz CT molecular complexity index is 809. The van der Waals surface area contributed by atoms with Crippen LogP contribution in [0.5, 0.6) is 5.75 Å². The maximum absolute atomic E-state index is 10.5. The van der Waals surface area contributed by atoms with E-state index in [-0.39, 0.29) is 19.5 Å². The molecule has 1 N–H and O–H groups in total. The van der Waals surface area contributed by atoms with Crippen LogP contribution in [0.15, 0.2) is 54.6 Å². The summed E-state index contributed by atoms with van der Waals surface area (Å²) in [5, 5.41) is 11.0. The van der Waals surface area contributed by atoms with Crippen molar-refractivity contribution in [3.63, 3.8) is 0 Å². The van der Waals surface area contributed by atoms with Gasteiger partial charge >= 0.3 is 0 Å². The van der Waals surface area contributed by atoms with Crippen molar-refractivity contribution in [1.82, 2.24) is 0 Å². The molecule has 0 aliphatic carbocycles. The van der Waals surface area contributed by atoms with Gasteiger partial charge in [0.25, 0.3) is 0 Å². The fourth-order valence-electron chi connectivity index (χ4n) is 2.15. The normalized spacial score (nSPS) is 9.42. The summed E-state index contributed by atoms with van der Waals surface area (Å²) >= 11 is 0. The van der Waals surface area contributed by atoms with Gasteiger partial charge in [0.2, 0.25) is 0 Å². The van der Waals surface area contributed by atoms with Crippen LogP contribution in [0.25, 0.3) is 10.8 Å². The number of phenolic OH excluding ortho intramolecular Hbond substituents is 1. The SMILES string of the molecule is Cc1ccc(C)c(O)c1.O=Cc1ccc2cc(C=O)ccc2c1.[Ru]. The van der Waals surface area contributed by atoms with Gasteiger partial charge in [-0.3, -0.25) is 9.59 Å². The van der Waals surface area contributed by atoms with Gasteiger partial charge in [0.15, 0.2) is 0 Å². The van der Waals surface area contributed by atoms with Crippen LogP contribution in [0.3, 0.4) is 0 Å². The maximum atomic E-state index is 10.5. The van der Waals surface area contributed by atoms with Crippen LogP contribution in [0, 0.1) is 13.8 Å². The maximum Gasteiger partial charge on any atom is 0.150 e. The topological polar surface area (TPSA) is 54.4 Å². The zero-order chi connectivity index (χ0) is 16.8. The number of aromatic hydroxyl groups is 1. The van der Waals surface area contributed by atoms with Crippen LogP contribution in [0.4, 0.5) is 0 Å². The summed E-state index contributed by atoms with van der Waals surface area (Å²) in [6, 6.07) is 16.4. The van der Waals surface area contributed by atoms with E-state index >= 15 is 0 Å². The number of phenols is 1. The van der Waals surface area contributed by atoms with Crippen molar-refractivity contribution in [1.29, 1.82) is 0 Å². The molecule has 0 amide bonds. The molecule has 0 unspecified atom stereocenters. The predicted molar refractivity (Wildman–Crippen MR) is 92.3 cm³/mol. The summed E-state index contributed by atoms with van der Waals surface area (Å²) in [5.41, 5.74) is 3.33. The number of carbonyl (C=O) groups is 2. The molecule has 0 bridgehead atoms. The van der Waals surface area contributed by atoms with Gasteiger partial charge in [-0.05, 0) is 53.9 Å². The Morgan fingerprint density at radius 2 is 1.25 bits per heavy atom. The molecule has 0 aliphatic rings. The first-order valence-corrected chi connectivity index (χ1v) is 7.24. The van der Waals surface area contributed by atoms with Crippen LogP contribution < -0.4 is 0 Å². The number of aryl methyl sites for hydroxylation is 2. The molecule has 0 atom stereocenters. The molecular weight excluding hydrogens is 389 g/mol. The molecule has 24 heavy (non-hydrogen) atoms. The number of aldehydes is 2. The second kappa shape index (κ2) is 9.09. The average Bonchev–Trinajstić information content (AvgIpc) is 2.58. The third kappa shape index (κ3) is 5.11. The molecule has 0 radical (unpaired) electrons. The van der Waals surface area contributed by atoms with Crippen LogP contribution >= 0.6 is 0 Å². The van der Waals surface area contributed by atoms with Gasteiger partial charge in [-0.1, -0.05) is 36.4 Å². The van der Waals surface area contributed by atoms with Gasteiger partial charge in [-0.15, -0.1) is 0 Å². The van der Waals surface area contributed by atoms with E-state index in [0.717, 1.165) is 34.5 Å². The third-order valence-electron chi connectivity index (χ3n) is 3.53. The van der Waals surface area contributed by atoms with Crippen molar-refractivity contribution in [2.45, 2.75) is 13.8 Å². The van der Waals surface area contributed by atoms with Crippen molar-refractivity contribution in [2.24, 2.45) is 0 Å². The van der Waals surface area contributed by atoms with Crippen molar-refractivity contribution < 1.29 is 34.2 Å². The Hall–Kier alpha value is -2.32. The first kappa shape index (κ1) is 19.7. The molecular formula is C20H18O3Ru. The monoisotopic (exact) mass is 408 g/mol. The van der Waals surface area contributed by atoms with E-state index in [4.69, 9.17) is 5.11 Å². The Kier molecular flexibility index (Phi) is 7.48. The van der Waals surface area contributed by atoms with E-state index in [1.807, 2.05) is 38.1 Å². The van der Waals surface area contributed by atoms with Gasteiger partial charge in [0.05, 0.1) is 0 Å². The number of rotatable bonds is 2. The van der Waals surface area contributed by atoms with Gasteiger partial charge in [0.1, 0.15) is 18.3 Å². The smallest absolute Gasteiger partial charge is 0.150 e. The predicted octanol–water partition coefficient (Wildman–Crippen LogP) is 4.47. The first-order chi connectivity index (χ1) is 11.0. The standard InChI is InChI=1S/C12H8O2.C8H10O.Ru/c13-7-9-1-3-11-6-10(8-14)2-4-12(11)5-9;1-6-3-4-7(2)8(9)5-6;/h1-8H;3-5,9H,1-2H3;. The fraction of sp³-hybridized carbons (Fsp3) is 0.100. The number of benzene rings is 3. The number of carbonyl (C=O) groups excluding carboxylic acids is 2. The summed E-state index contributed by atoms with van der Waals surface area (Å²) in [7, 11) is 0. The summed E-state index contributed by atoms with van der Waals surface area (Å²) in [6.07, 6.45) is 1.63.